The van der Waals surface area contributed by atoms with E-state index in [1.54, 1.807) is 0 Å². The van der Waals surface area contributed by atoms with Crippen LogP contribution in [0.3, 0.4) is 0 Å². The highest BCUT2D eigenvalue weighted by atomic mass is 15.1. The first-order valence-electron chi connectivity index (χ1n) is 7.13. The van der Waals surface area contributed by atoms with E-state index in [9.17, 15) is 0 Å². The van der Waals surface area contributed by atoms with Gasteiger partial charge in [-0.05, 0) is 38.1 Å². The first-order valence-corrected chi connectivity index (χ1v) is 7.13. The summed E-state index contributed by atoms with van der Waals surface area (Å²) in [5, 5.41) is 3.59. The monoisotopic (exact) mass is 233 g/mol. The molecule has 1 saturated heterocycles. The summed E-state index contributed by atoms with van der Waals surface area (Å²) >= 11 is 0. The highest BCUT2D eigenvalue weighted by Gasteiger charge is 2.28. The molecule has 17 heavy (non-hydrogen) atoms. The van der Waals surface area contributed by atoms with Crippen LogP contribution in [0.25, 0.3) is 0 Å². The first-order chi connectivity index (χ1) is 8.38. The van der Waals surface area contributed by atoms with Gasteiger partial charge in [-0.3, -0.25) is 0 Å². The average Bonchev–Trinajstić information content (AvgIpc) is 2.86. The van der Waals surface area contributed by atoms with Crippen LogP contribution in [0, 0.1) is 5.92 Å². The molecule has 94 valence electrons. The smallest absolute Gasteiger partial charge is 0.0951 e. The second-order valence-corrected chi connectivity index (χ2v) is 5.62. The quantitative estimate of drug-likeness (QED) is 0.847. The van der Waals surface area contributed by atoms with Crippen LogP contribution in [-0.4, -0.2) is 16.1 Å². The molecule has 0 radical (unpaired) electrons. The summed E-state index contributed by atoms with van der Waals surface area (Å²) in [5.41, 5.74) is 1.41. The lowest BCUT2D eigenvalue weighted by molar-refractivity contribution is 0.404. The Morgan fingerprint density at radius 1 is 1.47 bits per heavy atom. The molecule has 3 nitrogen and oxygen atoms in total. The van der Waals surface area contributed by atoms with Crippen molar-refractivity contribution in [2.75, 3.05) is 6.54 Å². The van der Waals surface area contributed by atoms with E-state index >= 15 is 0 Å². The molecule has 1 saturated carbocycles. The standard InChI is InChI=1S/C14H23N3/c1-2-12(8-11-5-6-11)17-10-15-9-14(17)13-4-3-7-16-13/h9-13,16H,2-8H2,1H3. The van der Waals surface area contributed by atoms with Gasteiger partial charge in [-0.1, -0.05) is 19.8 Å². The summed E-state index contributed by atoms with van der Waals surface area (Å²) < 4.78 is 2.45. The lowest BCUT2D eigenvalue weighted by Crippen LogP contribution is -2.19. The molecule has 0 amide bonds. The maximum absolute atomic E-state index is 4.39. The first kappa shape index (κ1) is 11.3. The van der Waals surface area contributed by atoms with Gasteiger partial charge in [0.25, 0.3) is 0 Å². The third-order valence-corrected chi connectivity index (χ3v) is 4.28. The zero-order valence-corrected chi connectivity index (χ0v) is 10.7. The van der Waals surface area contributed by atoms with Crippen molar-refractivity contribution >= 4 is 0 Å². The molecule has 1 aromatic heterocycles. The summed E-state index contributed by atoms with van der Waals surface area (Å²) in [4.78, 5) is 4.39. The minimum Gasteiger partial charge on any atom is -0.330 e. The molecular weight excluding hydrogens is 210 g/mol. The van der Waals surface area contributed by atoms with Gasteiger partial charge in [0.2, 0.25) is 0 Å². The Kier molecular flexibility index (Phi) is 3.19. The number of nitrogens with one attached hydrogen (secondary N) is 1. The van der Waals surface area contributed by atoms with E-state index in [1.807, 2.05) is 6.33 Å². The van der Waals surface area contributed by atoms with Gasteiger partial charge in [0.1, 0.15) is 0 Å². The molecule has 1 aromatic rings. The van der Waals surface area contributed by atoms with Crippen molar-refractivity contribution in [1.82, 2.24) is 14.9 Å². The molecule has 3 rings (SSSR count). The van der Waals surface area contributed by atoms with Crippen molar-refractivity contribution in [3.05, 3.63) is 18.2 Å². The van der Waals surface area contributed by atoms with Gasteiger partial charge in [-0.2, -0.15) is 0 Å². The van der Waals surface area contributed by atoms with Crippen LogP contribution in [0.1, 0.15) is 63.2 Å². The highest BCUT2D eigenvalue weighted by Crippen LogP contribution is 2.39. The Balaban J connectivity index is 1.77. The van der Waals surface area contributed by atoms with Crippen molar-refractivity contribution in [3.63, 3.8) is 0 Å². The van der Waals surface area contributed by atoms with Gasteiger partial charge in [-0.15, -0.1) is 0 Å². The lowest BCUT2D eigenvalue weighted by Gasteiger charge is -2.22. The molecule has 0 aromatic carbocycles. The largest absolute Gasteiger partial charge is 0.330 e. The Morgan fingerprint density at radius 3 is 3.00 bits per heavy atom. The SMILES string of the molecule is CCC(CC1CC1)n1cncc1C1CCCN1. The minimum atomic E-state index is 0.547. The number of nitrogens with zero attached hydrogens (tertiary/aromatic N) is 2. The maximum atomic E-state index is 4.39. The zero-order chi connectivity index (χ0) is 11.7. The van der Waals surface area contributed by atoms with E-state index in [0.717, 1.165) is 12.5 Å². The molecule has 3 heteroatoms. The van der Waals surface area contributed by atoms with Gasteiger partial charge >= 0.3 is 0 Å². The van der Waals surface area contributed by atoms with Crippen molar-refractivity contribution in [3.8, 4) is 0 Å². The maximum Gasteiger partial charge on any atom is 0.0951 e. The fourth-order valence-electron chi connectivity index (χ4n) is 3.04. The number of hydrogen-bond acceptors (Lipinski definition) is 2. The zero-order valence-electron chi connectivity index (χ0n) is 10.7. The number of hydrogen-bond donors (Lipinski definition) is 1. The van der Waals surface area contributed by atoms with Crippen LogP contribution in [-0.2, 0) is 0 Å². The van der Waals surface area contributed by atoms with Crippen LogP contribution in [0.15, 0.2) is 12.5 Å². The van der Waals surface area contributed by atoms with E-state index < -0.39 is 0 Å². The summed E-state index contributed by atoms with van der Waals surface area (Å²) in [6.07, 6.45) is 12.2. The molecule has 2 heterocycles. The van der Waals surface area contributed by atoms with Crippen molar-refractivity contribution in [2.24, 2.45) is 5.92 Å². The number of imidazole rings is 1. The van der Waals surface area contributed by atoms with Crippen LogP contribution >= 0.6 is 0 Å². The van der Waals surface area contributed by atoms with E-state index in [-0.39, 0.29) is 0 Å². The van der Waals surface area contributed by atoms with Crippen molar-refractivity contribution in [2.45, 2.75) is 57.5 Å². The van der Waals surface area contributed by atoms with Gasteiger partial charge in [0.05, 0.1) is 12.0 Å². The summed E-state index contributed by atoms with van der Waals surface area (Å²) in [6, 6.07) is 1.22. The number of rotatable bonds is 5. The molecular formula is C14H23N3. The Labute approximate surface area is 104 Å². The fourth-order valence-corrected chi connectivity index (χ4v) is 3.04. The summed E-state index contributed by atoms with van der Waals surface area (Å²) in [6.45, 7) is 3.47. The Bertz CT molecular complexity index is 361. The van der Waals surface area contributed by atoms with E-state index in [0.29, 0.717) is 12.1 Å². The number of aromatic nitrogens is 2. The predicted octanol–water partition coefficient (Wildman–Crippen LogP) is 3.06. The second-order valence-electron chi connectivity index (χ2n) is 5.62. The Morgan fingerprint density at radius 2 is 2.35 bits per heavy atom. The van der Waals surface area contributed by atoms with E-state index in [4.69, 9.17) is 0 Å². The molecule has 1 aliphatic carbocycles. The van der Waals surface area contributed by atoms with Crippen LogP contribution in [0.5, 0.6) is 0 Å². The van der Waals surface area contributed by atoms with Gasteiger partial charge < -0.3 is 9.88 Å². The predicted molar refractivity (Wildman–Crippen MR) is 68.9 cm³/mol. The normalized spacial score (nSPS) is 26.3. The van der Waals surface area contributed by atoms with Crippen LogP contribution < -0.4 is 5.32 Å². The van der Waals surface area contributed by atoms with Crippen molar-refractivity contribution in [1.29, 1.82) is 0 Å². The van der Waals surface area contributed by atoms with E-state index in [1.165, 1.54) is 44.2 Å². The minimum absolute atomic E-state index is 0.547. The third kappa shape index (κ3) is 2.39. The van der Waals surface area contributed by atoms with Gasteiger partial charge in [-0.25, -0.2) is 4.98 Å². The molecule has 1 N–H and O–H groups in total. The fraction of sp³-hybridized carbons (Fsp3) is 0.786. The van der Waals surface area contributed by atoms with Gasteiger partial charge in [0, 0.05) is 18.3 Å². The van der Waals surface area contributed by atoms with Gasteiger partial charge in [0.15, 0.2) is 0 Å². The van der Waals surface area contributed by atoms with Crippen LogP contribution in [0.4, 0.5) is 0 Å². The highest BCUT2D eigenvalue weighted by molar-refractivity contribution is 5.08. The molecule has 1 aliphatic heterocycles. The average molecular weight is 233 g/mol. The molecule has 2 aliphatic rings. The Hall–Kier alpha value is -0.830. The topological polar surface area (TPSA) is 29.9 Å². The molecule has 2 unspecified atom stereocenters. The summed E-state index contributed by atoms with van der Waals surface area (Å²) in [5.74, 6) is 0.992. The summed E-state index contributed by atoms with van der Waals surface area (Å²) in [7, 11) is 0. The van der Waals surface area contributed by atoms with E-state index in [2.05, 4.69) is 28.0 Å². The second kappa shape index (κ2) is 4.81. The van der Waals surface area contributed by atoms with Crippen LogP contribution in [0.2, 0.25) is 0 Å². The van der Waals surface area contributed by atoms with Crippen molar-refractivity contribution < 1.29 is 0 Å². The molecule has 0 spiro atoms. The third-order valence-electron chi connectivity index (χ3n) is 4.28. The lowest BCUT2D eigenvalue weighted by atomic mass is 10.1. The molecule has 0 bridgehead atoms. The molecule has 2 atom stereocenters. The molecule has 2 fully saturated rings.